The minimum absolute atomic E-state index is 0.150. The number of hydroxylamine groups is 1. The van der Waals surface area contributed by atoms with E-state index in [1.165, 1.54) is 16.0 Å². The van der Waals surface area contributed by atoms with Gasteiger partial charge >= 0.3 is 0 Å². The van der Waals surface area contributed by atoms with Crippen LogP contribution in [0.4, 0.5) is 5.69 Å². The Bertz CT molecular complexity index is 596. The number of hydrogen-bond acceptors (Lipinski definition) is 3. The molecule has 0 aromatic heterocycles. The number of nitrogens with zero attached hydrogens (tertiary/aromatic N) is 1. The molecular weight excluding hydrogens is 290 g/mol. The summed E-state index contributed by atoms with van der Waals surface area (Å²) in [6.07, 6.45) is 2.27. The zero-order valence-electron chi connectivity index (χ0n) is 14.0. The van der Waals surface area contributed by atoms with Crippen LogP contribution in [0.5, 0.6) is 0 Å². The van der Waals surface area contributed by atoms with Crippen molar-refractivity contribution in [2.45, 2.75) is 44.7 Å². The van der Waals surface area contributed by atoms with Crippen LogP contribution in [-0.2, 0) is 4.84 Å². The predicted molar refractivity (Wildman–Crippen MR) is 97.5 cm³/mol. The van der Waals surface area contributed by atoms with E-state index in [0.717, 1.165) is 5.69 Å². The molecule has 0 aliphatic carbocycles. The molecule has 0 atom stereocenters. The van der Waals surface area contributed by atoms with Crippen LogP contribution in [0.2, 0.25) is 0 Å². The third-order valence-corrected chi connectivity index (χ3v) is 4.15. The summed E-state index contributed by atoms with van der Waals surface area (Å²) in [5.74, 6) is 0. The van der Waals surface area contributed by atoms with Crippen LogP contribution in [0.15, 0.2) is 53.4 Å². The molecule has 3 heteroatoms. The molecule has 2 rings (SSSR count). The zero-order chi connectivity index (χ0) is 16.1. The quantitative estimate of drug-likeness (QED) is 0.506. The first-order valence-corrected chi connectivity index (χ1v) is 8.95. The molecule has 0 saturated carbocycles. The van der Waals surface area contributed by atoms with Crippen molar-refractivity contribution in [3.8, 4) is 11.1 Å². The van der Waals surface area contributed by atoms with Gasteiger partial charge in [0, 0.05) is 4.90 Å². The largest absolute Gasteiger partial charge is 0.270 e. The minimum Gasteiger partial charge on any atom is -0.270 e. The lowest BCUT2D eigenvalue weighted by Crippen LogP contribution is -2.34. The van der Waals surface area contributed by atoms with Gasteiger partial charge in [0.05, 0.1) is 17.8 Å². The number of thioether (sulfide) groups is 1. The lowest BCUT2D eigenvalue weighted by molar-refractivity contribution is 0.0428. The number of hydrogen-bond donors (Lipinski definition) is 0. The van der Waals surface area contributed by atoms with Gasteiger partial charge in [0.15, 0.2) is 0 Å². The van der Waals surface area contributed by atoms with E-state index in [-0.39, 0.29) is 12.1 Å². The monoisotopic (exact) mass is 315 g/mol. The molecule has 0 heterocycles. The Hall–Kier alpha value is -1.45. The molecule has 0 fully saturated rings. The minimum atomic E-state index is 0.150. The van der Waals surface area contributed by atoms with Gasteiger partial charge in [-0.2, -0.15) is 0 Å². The maximum atomic E-state index is 6.05. The van der Waals surface area contributed by atoms with E-state index in [1.54, 1.807) is 11.8 Å². The van der Waals surface area contributed by atoms with Gasteiger partial charge in [0.1, 0.15) is 0 Å². The highest BCUT2D eigenvalue weighted by molar-refractivity contribution is 7.98. The van der Waals surface area contributed by atoms with E-state index >= 15 is 0 Å². The Balaban J connectivity index is 2.52. The second-order valence-electron chi connectivity index (χ2n) is 5.80. The molecule has 2 nitrogen and oxygen atoms in total. The van der Waals surface area contributed by atoms with Crippen LogP contribution in [0.1, 0.15) is 27.7 Å². The zero-order valence-corrected chi connectivity index (χ0v) is 14.9. The first-order chi connectivity index (χ1) is 10.5. The van der Waals surface area contributed by atoms with Crippen molar-refractivity contribution in [1.82, 2.24) is 0 Å². The molecule has 0 bridgehead atoms. The fourth-order valence-electron chi connectivity index (χ4n) is 2.44. The molecule has 0 aliphatic heterocycles. The molecule has 0 amide bonds. The third-order valence-electron chi connectivity index (χ3n) is 3.31. The number of benzene rings is 2. The Morgan fingerprint density at radius 3 is 2.14 bits per heavy atom. The van der Waals surface area contributed by atoms with Gasteiger partial charge < -0.3 is 0 Å². The SMILES string of the molecule is CSc1c(-c2ccccc2)cccc1N(OC(C)C)C(C)C. The fraction of sp³-hybridized carbons (Fsp3) is 0.368. The van der Waals surface area contributed by atoms with Gasteiger partial charge in [0.2, 0.25) is 0 Å². The normalized spacial score (nSPS) is 11.2. The highest BCUT2D eigenvalue weighted by Gasteiger charge is 2.19. The van der Waals surface area contributed by atoms with Crippen molar-refractivity contribution < 1.29 is 4.84 Å². The molecule has 0 spiro atoms. The Morgan fingerprint density at radius 1 is 0.909 bits per heavy atom. The Kier molecular flexibility index (Phi) is 5.92. The summed E-state index contributed by atoms with van der Waals surface area (Å²) in [4.78, 5) is 7.30. The van der Waals surface area contributed by atoms with Crippen LogP contribution in [-0.4, -0.2) is 18.4 Å². The smallest absolute Gasteiger partial charge is 0.0800 e. The van der Waals surface area contributed by atoms with Crippen molar-refractivity contribution in [3.05, 3.63) is 48.5 Å². The summed E-state index contributed by atoms with van der Waals surface area (Å²) in [5.41, 5.74) is 3.63. The van der Waals surface area contributed by atoms with E-state index in [1.807, 2.05) is 5.06 Å². The summed E-state index contributed by atoms with van der Waals surface area (Å²) in [6.45, 7) is 8.44. The van der Waals surface area contributed by atoms with Gasteiger partial charge in [-0.25, -0.2) is 0 Å². The standard InChI is InChI=1S/C19H25NOS/c1-14(2)20(21-15(3)4)18-13-9-12-17(19(18)22-5)16-10-7-6-8-11-16/h6-15H,1-5H3. The molecule has 2 aromatic carbocycles. The number of anilines is 1. The van der Waals surface area contributed by atoms with Crippen molar-refractivity contribution in [3.63, 3.8) is 0 Å². The first kappa shape index (κ1) is 16.9. The molecule has 0 unspecified atom stereocenters. The molecule has 118 valence electrons. The van der Waals surface area contributed by atoms with E-state index < -0.39 is 0 Å². The van der Waals surface area contributed by atoms with Gasteiger partial charge in [0.25, 0.3) is 0 Å². The summed E-state index contributed by atoms with van der Waals surface area (Å²) in [7, 11) is 0. The van der Waals surface area contributed by atoms with Crippen molar-refractivity contribution in [2.75, 3.05) is 11.3 Å². The summed E-state index contributed by atoms with van der Waals surface area (Å²) in [5, 5.41) is 2.03. The maximum absolute atomic E-state index is 6.05. The molecule has 22 heavy (non-hydrogen) atoms. The van der Waals surface area contributed by atoms with Gasteiger partial charge in [-0.3, -0.25) is 9.90 Å². The Labute approximate surface area is 138 Å². The molecule has 2 aromatic rings. The van der Waals surface area contributed by atoms with Gasteiger partial charge in [-0.15, -0.1) is 11.8 Å². The molecular formula is C19H25NOS. The van der Waals surface area contributed by atoms with E-state index in [9.17, 15) is 0 Å². The van der Waals surface area contributed by atoms with Crippen LogP contribution >= 0.6 is 11.8 Å². The summed E-state index contributed by atoms with van der Waals surface area (Å²) < 4.78 is 0. The molecule has 0 aliphatic rings. The maximum Gasteiger partial charge on any atom is 0.0800 e. The van der Waals surface area contributed by atoms with Gasteiger partial charge in [-0.1, -0.05) is 42.5 Å². The average molecular weight is 315 g/mol. The topological polar surface area (TPSA) is 12.5 Å². The van der Waals surface area contributed by atoms with Crippen molar-refractivity contribution in [1.29, 1.82) is 0 Å². The highest BCUT2D eigenvalue weighted by Crippen LogP contribution is 2.38. The molecule has 0 radical (unpaired) electrons. The predicted octanol–water partition coefficient (Wildman–Crippen LogP) is 5.63. The van der Waals surface area contributed by atoms with Gasteiger partial charge in [-0.05, 0) is 51.1 Å². The Morgan fingerprint density at radius 2 is 1.59 bits per heavy atom. The van der Waals surface area contributed by atoms with Crippen LogP contribution < -0.4 is 5.06 Å². The van der Waals surface area contributed by atoms with Crippen LogP contribution in [0.25, 0.3) is 11.1 Å². The van der Waals surface area contributed by atoms with Crippen LogP contribution in [0, 0.1) is 0 Å². The van der Waals surface area contributed by atoms with E-state index in [4.69, 9.17) is 4.84 Å². The lowest BCUT2D eigenvalue weighted by Gasteiger charge is -2.31. The van der Waals surface area contributed by atoms with E-state index in [0.29, 0.717) is 0 Å². The number of rotatable bonds is 6. The van der Waals surface area contributed by atoms with Crippen molar-refractivity contribution >= 4 is 17.4 Å². The summed E-state index contributed by atoms with van der Waals surface area (Å²) in [6, 6.07) is 17.2. The third kappa shape index (κ3) is 3.84. The average Bonchev–Trinajstić information content (AvgIpc) is 2.52. The van der Waals surface area contributed by atoms with Crippen LogP contribution in [0.3, 0.4) is 0 Å². The van der Waals surface area contributed by atoms with Crippen molar-refractivity contribution in [2.24, 2.45) is 0 Å². The second-order valence-corrected chi connectivity index (χ2v) is 6.61. The fourth-order valence-corrected chi connectivity index (χ4v) is 3.21. The molecule has 0 saturated heterocycles. The molecule has 0 N–H and O–H groups in total. The van der Waals surface area contributed by atoms with E-state index in [2.05, 4.69) is 82.5 Å². The second kappa shape index (κ2) is 7.70. The first-order valence-electron chi connectivity index (χ1n) is 7.73. The highest BCUT2D eigenvalue weighted by atomic mass is 32.2. The summed E-state index contributed by atoms with van der Waals surface area (Å²) >= 11 is 1.77. The lowest BCUT2D eigenvalue weighted by atomic mass is 10.0.